The molecule has 0 amide bonds. The first kappa shape index (κ1) is 29.0. The Balaban J connectivity index is 4.23. The van der Waals surface area contributed by atoms with Gasteiger partial charge in [0.25, 0.3) is 0 Å². The normalized spacial score (nSPS) is 12.8. The van der Waals surface area contributed by atoms with Gasteiger partial charge in [-0.1, -0.05) is 125 Å². The highest BCUT2D eigenvalue weighted by Crippen LogP contribution is 2.32. The molecule has 0 spiro atoms. The molecule has 0 aromatic carbocycles. The van der Waals surface area contributed by atoms with Gasteiger partial charge in [0, 0.05) is 5.54 Å². The lowest BCUT2D eigenvalue weighted by Crippen LogP contribution is -2.47. The van der Waals surface area contributed by atoms with E-state index in [4.69, 9.17) is 0 Å². The maximum atomic E-state index is 2.84. The average Bonchev–Trinajstić information content (AvgIpc) is 2.62. The lowest BCUT2D eigenvalue weighted by molar-refractivity contribution is 0.0730. The minimum Gasteiger partial charge on any atom is -0.298 e. The summed E-state index contributed by atoms with van der Waals surface area (Å²) in [7, 11) is 0. The van der Waals surface area contributed by atoms with E-state index >= 15 is 0 Å². The van der Waals surface area contributed by atoms with Gasteiger partial charge in [-0.3, -0.25) is 4.90 Å². The Hall–Kier alpha value is -0.0400. The summed E-state index contributed by atoms with van der Waals surface area (Å²) in [5.41, 5.74) is 0.723. The molecule has 29 heavy (non-hydrogen) atoms. The zero-order valence-electron chi connectivity index (χ0n) is 21.9. The molecule has 0 saturated heterocycles. The first-order valence-electron chi connectivity index (χ1n) is 13.5. The molecule has 0 atom stereocenters. The first-order chi connectivity index (χ1) is 13.7. The maximum absolute atomic E-state index is 2.84. The molecule has 0 aliphatic carbocycles. The maximum Gasteiger partial charge on any atom is 0.0158 e. The van der Waals surface area contributed by atoms with Crippen LogP contribution in [0, 0.1) is 5.41 Å². The van der Waals surface area contributed by atoms with Gasteiger partial charge in [0.15, 0.2) is 0 Å². The summed E-state index contributed by atoms with van der Waals surface area (Å²) in [6, 6.07) is 0. The summed E-state index contributed by atoms with van der Waals surface area (Å²) >= 11 is 0. The Labute approximate surface area is 186 Å². The van der Waals surface area contributed by atoms with E-state index in [2.05, 4.69) is 53.4 Å². The van der Waals surface area contributed by atoms with Crippen molar-refractivity contribution in [3.05, 3.63) is 0 Å². The smallest absolute Gasteiger partial charge is 0.0158 e. The molecule has 0 radical (unpaired) electrons. The van der Waals surface area contributed by atoms with Crippen LogP contribution in [-0.2, 0) is 0 Å². The number of nitrogens with zero attached hydrogens (tertiary/aromatic N) is 1. The fourth-order valence-corrected chi connectivity index (χ4v) is 5.00. The Morgan fingerprint density at radius 1 is 0.448 bits per heavy atom. The van der Waals surface area contributed by atoms with Crippen LogP contribution in [0.1, 0.15) is 158 Å². The van der Waals surface area contributed by atoms with Crippen molar-refractivity contribution < 1.29 is 0 Å². The van der Waals surface area contributed by atoms with Crippen LogP contribution in [0.15, 0.2) is 0 Å². The Kier molecular flexibility index (Phi) is 17.6. The fourth-order valence-electron chi connectivity index (χ4n) is 5.00. The predicted molar refractivity (Wildman–Crippen MR) is 135 cm³/mol. The third-order valence-corrected chi connectivity index (χ3v) is 6.38. The molecule has 0 unspecified atom stereocenters. The number of hydrogen-bond donors (Lipinski definition) is 0. The van der Waals surface area contributed by atoms with Crippen LogP contribution in [0.5, 0.6) is 0 Å². The van der Waals surface area contributed by atoms with Crippen LogP contribution < -0.4 is 0 Å². The van der Waals surface area contributed by atoms with E-state index in [1.54, 1.807) is 0 Å². The summed E-state index contributed by atoms with van der Waals surface area (Å²) < 4.78 is 0. The molecular formula is C28H59N. The van der Waals surface area contributed by atoms with Crippen molar-refractivity contribution in [2.75, 3.05) is 13.1 Å². The molecule has 0 aromatic heterocycles. The molecule has 176 valence electrons. The summed E-state index contributed by atoms with van der Waals surface area (Å²) in [5, 5.41) is 0. The second-order valence-corrected chi connectivity index (χ2v) is 11.5. The Morgan fingerprint density at radius 3 is 1.07 bits per heavy atom. The zero-order valence-corrected chi connectivity index (χ0v) is 21.9. The van der Waals surface area contributed by atoms with Crippen molar-refractivity contribution >= 4 is 0 Å². The van der Waals surface area contributed by atoms with Gasteiger partial charge in [-0.2, -0.15) is 0 Å². The highest BCUT2D eigenvalue weighted by Gasteiger charge is 2.30. The van der Waals surface area contributed by atoms with Gasteiger partial charge in [0.1, 0.15) is 0 Å². The van der Waals surface area contributed by atoms with Crippen LogP contribution in [0.3, 0.4) is 0 Å². The molecule has 0 aromatic rings. The molecule has 0 aliphatic rings. The predicted octanol–water partition coefficient (Wildman–Crippen LogP) is 9.78. The number of unbranched alkanes of at least 4 members (excludes halogenated alkanes) is 14. The van der Waals surface area contributed by atoms with Crippen LogP contribution in [0.25, 0.3) is 0 Å². The van der Waals surface area contributed by atoms with Crippen molar-refractivity contribution in [1.29, 1.82) is 0 Å². The average molecular weight is 410 g/mol. The summed E-state index contributed by atoms with van der Waals surface area (Å²) in [5.74, 6) is 0. The largest absolute Gasteiger partial charge is 0.298 e. The molecule has 0 saturated carbocycles. The standard InChI is InChI=1S/C28H59N/c1-8-10-12-14-16-18-20-22-24-29(28(6,7)26-27(3,4)5)25-23-21-19-17-15-13-11-9-2/h8-26H2,1-7H3. The lowest BCUT2D eigenvalue weighted by Gasteiger charge is -2.43. The van der Waals surface area contributed by atoms with Crippen molar-refractivity contribution in [2.45, 2.75) is 163 Å². The van der Waals surface area contributed by atoms with Crippen LogP contribution in [-0.4, -0.2) is 23.5 Å². The van der Waals surface area contributed by atoms with Gasteiger partial charge < -0.3 is 0 Å². The van der Waals surface area contributed by atoms with Gasteiger partial charge in [-0.25, -0.2) is 0 Å². The zero-order chi connectivity index (χ0) is 22.0. The van der Waals surface area contributed by atoms with E-state index in [0.717, 1.165) is 0 Å². The summed E-state index contributed by atoms with van der Waals surface area (Å²) in [6.45, 7) is 19.4. The van der Waals surface area contributed by atoms with Gasteiger partial charge in [0.2, 0.25) is 0 Å². The minimum absolute atomic E-state index is 0.320. The Bertz CT molecular complexity index is 319. The topological polar surface area (TPSA) is 3.24 Å². The molecule has 0 aliphatic heterocycles. The van der Waals surface area contributed by atoms with Gasteiger partial charge >= 0.3 is 0 Å². The van der Waals surface area contributed by atoms with Crippen LogP contribution >= 0.6 is 0 Å². The molecular weight excluding hydrogens is 350 g/mol. The molecule has 0 heterocycles. The first-order valence-corrected chi connectivity index (χ1v) is 13.5. The molecule has 1 heteroatoms. The quantitative estimate of drug-likeness (QED) is 0.181. The lowest BCUT2D eigenvalue weighted by atomic mass is 9.80. The SMILES string of the molecule is CCCCCCCCCCN(CCCCCCCCCC)C(C)(C)CC(C)(C)C. The Morgan fingerprint density at radius 2 is 0.759 bits per heavy atom. The highest BCUT2D eigenvalue weighted by molar-refractivity contribution is 4.86. The van der Waals surface area contributed by atoms with Crippen LogP contribution in [0.4, 0.5) is 0 Å². The molecule has 0 bridgehead atoms. The third kappa shape index (κ3) is 18.4. The van der Waals surface area contributed by atoms with Gasteiger partial charge in [0.05, 0.1) is 0 Å². The van der Waals surface area contributed by atoms with Crippen molar-refractivity contribution in [3.63, 3.8) is 0 Å². The van der Waals surface area contributed by atoms with E-state index in [1.807, 2.05) is 0 Å². The minimum atomic E-state index is 0.320. The molecule has 1 nitrogen and oxygen atoms in total. The summed E-state index contributed by atoms with van der Waals surface area (Å²) in [4.78, 5) is 2.84. The molecule has 0 N–H and O–H groups in total. The number of hydrogen-bond acceptors (Lipinski definition) is 1. The fraction of sp³-hybridized carbons (Fsp3) is 1.00. The second-order valence-electron chi connectivity index (χ2n) is 11.5. The van der Waals surface area contributed by atoms with E-state index < -0.39 is 0 Å². The van der Waals surface area contributed by atoms with Gasteiger partial charge in [-0.15, -0.1) is 0 Å². The van der Waals surface area contributed by atoms with E-state index in [-0.39, 0.29) is 0 Å². The van der Waals surface area contributed by atoms with E-state index in [0.29, 0.717) is 11.0 Å². The molecule has 0 rings (SSSR count). The van der Waals surface area contributed by atoms with Crippen molar-refractivity contribution in [2.24, 2.45) is 5.41 Å². The summed E-state index contributed by atoms with van der Waals surface area (Å²) in [6.07, 6.45) is 24.0. The highest BCUT2D eigenvalue weighted by atomic mass is 15.2. The van der Waals surface area contributed by atoms with E-state index in [1.165, 1.54) is 122 Å². The van der Waals surface area contributed by atoms with Crippen molar-refractivity contribution in [3.8, 4) is 0 Å². The monoisotopic (exact) mass is 409 g/mol. The van der Waals surface area contributed by atoms with Crippen molar-refractivity contribution in [1.82, 2.24) is 4.90 Å². The van der Waals surface area contributed by atoms with E-state index in [9.17, 15) is 0 Å². The van der Waals surface area contributed by atoms with Gasteiger partial charge in [-0.05, 0) is 51.6 Å². The number of rotatable bonds is 20. The second kappa shape index (κ2) is 17.6. The third-order valence-electron chi connectivity index (χ3n) is 6.38. The van der Waals surface area contributed by atoms with Crippen LogP contribution in [0.2, 0.25) is 0 Å². The molecule has 0 fully saturated rings.